The Kier molecular flexibility index (Phi) is 3.45. The normalized spacial score (nSPS) is 12.1. The van der Waals surface area contributed by atoms with E-state index in [1.165, 1.54) is 22.6 Å². The summed E-state index contributed by atoms with van der Waals surface area (Å²) >= 11 is 1.45. The monoisotopic (exact) mass is 349 g/mol. The Balaban J connectivity index is 3.56. The molecule has 0 bridgehead atoms. The molecule has 0 aliphatic rings. The maximum atomic E-state index is 12.5. The molecule has 0 fully saturated rings. The Labute approximate surface area is 98.0 Å². The summed E-state index contributed by atoms with van der Waals surface area (Å²) in [6.45, 7) is 0. The van der Waals surface area contributed by atoms with Gasteiger partial charge in [0.15, 0.2) is 0 Å². The maximum absolute atomic E-state index is 12.5. The van der Waals surface area contributed by atoms with Crippen molar-refractivity contribution in [2.45, 2.75) is 11.3 Å². The molecular formula is C6H6F2IN3O2S. The van der Waals surface area contributed by atoms with Gasteiger partial charge in [0, 0.05) is 3.57 Å². The Hall–Kier alpha value is -0.550. The van der Waals surface area contributed by atoms with Crippen LogP contribution in [0.5, 0.6) is 0 Å². The molecule has 0 radical (unpaired) electrons. The van der Waals surface area contributed by atoms with E-state index in [2.05, 4.69) is 4.98 Å². The van der Waals surface area contributed by atoms with Gasteiger partial charge in [-0.1, -0.05) is 0 Å². The molecule has 5 nitrogen and oxygen atoms in total. The van der Waals surface area contributed by atoms with Gasteiger partial charge in [-0.05, 0) is 22.6 Å². The smallest absolute Gasteiger partial charge is 0.268 e. The second kappa shape index (κ2) is 4.14. The Morgan fingerprint density at radius 3 is 2.40 bits per heavy atom. The fourth-order valence-corrected chi connectivity index (χ4v) is 3.04. The molecule has 15 heavy (non-hydrogen) atoms. The van der Waals surface area contributed by atoms with Crippen LogP contribution in [0.1, 0.15) is 12.0 Å². The predicted molar refractivity (Wildman–Crippen MR) is 57.7 cm³/mol. The lowest BCUT2D eigenvalue weighted by molar-refractivity contribution is 0.150. The highest BCUT2D eigenvalue weighted by Gasteiger charge is 2.23. The number of hydrogen-bond acceptors (Lipinski definition) is 4. The van der Waals surface area contributed by atoms with Gasteiger partial charge in [-0.3, -0.25) is 0 Å². The van der Waals surface area contributed by atoms with Crippen molar-refractivity contribution in [1.29, 1.82) is 0 Å². The lowest BCUT2D eigenvalue weighted by Gasteiger charge is -2.09. The van der Waals surface area contributed by atoms with E-state index < -0.39 is 32.7 Å². The van der Waals surface area contributed by atoms with Crippen molar-refractivity contribution >= 4 is 38.4 Å². The number of primary sulfonamides is 1. The summed E-state index contributed by atoms with van der Waals surface area (Å²) < 4.78 is 46.8. The minimum atomic E-state index is -4.07. The van der Waals surface area contributed by atoms with Crippen LogP contribution in [0.2, 0.25) is 0 Å². The fraction of sp³-hybridized carbons (Fsp3) is 0.167. The number of hydrogen-bond donors (Lipinski definition) is 2. The standard InChI is InChI=1S/C6H6F2IN3O2S/c7-5(8)3-4(9)2(15(11,13)14)1-12-6(3)10/h1,5H,(H2,10,12)(H2,11,13,14). The van der Waals surface area contributed by atoms with E-state index in [1.54, 1.807) is 0 Å². The number of aromatic nitrogens is 1. The molecule has 0 aliphatic heterocycles. The zero-order chi connectivity index (χ0) is 11.8. The number of sulfonamides is 1. The Morgan fingerprint density at radius 1 is 1.47 bits per heavy atom. The number of pyridine rings is 1. The second-order valence-electron chi connectivity index (χ2n) is 2.58. The van der Waals surface area contributed by atoms with Gasteiger partial charge in [0.2, 0.25) is 10.0 Å². The Bertz CT molecular complexity index is 491. The molecule has 0 aromatic carbocycles. The molecule has 1 aromatic rings. The molecule has 1 heterocycles. The van der Waals surface area contributed by atoms with E-state index in [4.69, 9.17) is 10.9 Å². The minimum absolute atomic E-state index is 0.197. The summed E-state index contributed by atoms with van der Waals surface area (Å²) in [5, 5.41) is 4.82. The van der Waals surface area contributed by atoms with Crippen LogP contribution in [0, 0.1) is 3.57 Å². The summed E-state index contributed by atoms with van der Waals surface area (Å²) in [5.74, 6) is -0.401. The lowest BCUT2D eigenvalue weighted by atomic mass is 10.3. The molecule has 0 amide bonds. The number of nitrogens with zero attached hydrogens (tertiary/aromatic N) is 1. The first-order chi connectivity index (χ1) is 6.75. The third kappa shape index (κ3) is 2.52. The predicted octanol–water partition coefficient (Wildman–Crippen LogP) is 0.853. The quantitative estimate of drug-likeness (QED) is 0.774. The maximum Gasteiger partial charge on any atom is 0.268 e. The summed E-state index contributed by atoms with van der Waals surface area (Å²) in [5.41, 5.74) is 4.59. The number of halogens is 3. The van der Waals surface area contributed by atoms with Crippen LogP contribution in [0.4, 0.5) is 14.6 Å². The van der Waals surface area contributed by atoms with E-state index >= 15 is 0 Å². The first-order valence-electron chi connectivity index (χ1n) is 3.50. The molecular weight excluding hydrogens is 343 g/mol. The first-order valence-corrected chi connectivity index (χ1v) is 6.12. The van der Waals surface area contributed by atoms with Crippen LogP contribution in [0.15, 0.2) is 11.1 Å². The van der Waals surface area contributed by atoms with Gasteiger partial charge in [0.05, 0.1) is 11.8 Å². The molecule has 9 heteroatoms. The van der Waals surface area contributed by atoms with Crippen LogP contribution < -0.4 is 10.9 Å². The summed E-state index contributed by atoms with van der Waals surface area (Å²) in [7, 11) is -4.07. The average Bonchev–Trinajstić information content (AvgIpc) is 2.00. The van der Waals surface area contributed by atoms with Crippen molar-refractivity contribution in [3.05, 3.63) is 15.3 Å². The highest BCUT2D eigenvalue weighted by molar-refractivity contribution is 14.1. The van der Waals surface area contributed by atoms with Crippen LogP contribution in [0.25, 0.3) is 0 Å². The van der Waals surface area contributed by atoms with Crippen molar-refractivity contribution in [2.75, 3.05) is 5.73 Å². The van der Waals surface area contributed by atoms with E-state index in [1.807, 2.05) is 0 Å². The van der Waals surface area contributed by atoms with Crippen LogP contribution in [0.3, 0.4) is 0 Å². The SMILES string of the molecule is Nc1ncc(S(N)(=O)=O)c(I)c1C(F)F. The van der Waals surface area contributed by atoms with Gasteiger partial charge in [0.25, 0.3) is 6.43 Å². The highest BCUT2D eigenvalue weighted by atomic mass is 127. The minimum Gasteiger partial charge on any atom is -0.383 e. The fourth-order valence-electron chi connectivity index (χ4n) is 0.905. The van der Waals surface area contributed by atoms with Crippen molar-refractivity contribution in [3.63, 3.8) is 0 Å². The number of nitrogens with two attached hydrogens (primary N) is 2. The zero-order valence-corrected chi connectivity index (χ0v) is 10.1. The molecule has 0 unspecified atom stereocenters. The Morgan fingerprint density at radius 2 is 2.00 bits per heavy atom. The lowest BCUT2D eigenvalue weighted by Crippen LogP contribution is -2.16. The van der Waals surface area contributed by atoms with Crippen LogP contribution >= 0.6 is 22.6 Å². The van der Waals surface area contributed by atoms with E-state index in [0.29, 0.717) is 0 Å². The van der Waals surface area contributed by atoms with Crippen LogP contribution in [-0.4, -0.2) is 13.4 Å². The molecule has 4 N–H and O–H groups in total. The van der Waals surface area contributed by atoms with Gasteiger partial charge in [-0.15, -0.1) is 0 Å². The molecule has 0 saturated heterocycles. The van der Waals surface area contributed by atoms with Gasteiger partial charge in [-0.25, -0.2) is 27.3 Å². The summed E-state index contributed by atoms with van der Waals surface area (Å²) in [4.78, 5) is 2.91. The molecule has 0 saturated carbocycles. The third-order valence-electron chi connectivity index (χ3n) is 1.57. The largest absolute Gasteiger partial charge is 0.383 e. The molecule has 0 atom stereocenters. The van der Waals surface area contributed by atoms with Crippen molar-refractivity contribution in [2.24, 2.45) is 5.14 Å². The van der Waals surface area contributed by atoms with E-state index in [0.717, 1.165) is 6.20 Å². The number of rotatable bonds is 2. The van der Waals surface area contributed by atoms with Gasteiger partial charge < -0.3 is 5.73 Å². The average molecular weight is 349 g/mol. The van der Waals surface area contributed by atoms with Crippen molar-refractivity contribution in [3.8, 4) is 0 Å². The topological polar surface area (TPSA) is 99.1 Å². The number of anilines is 1. The van der Waals surface area contributed by atoms with Crippen molar-refractivity contribution in [1.82, 2.24) is 4.98 Å². The molecule has 84 valence electrons. The summed E-state index contributed by atoms with van der Waals surface area (Å²) in [6.07, 6.45) is -2.04. The highest BCUT2D eigenvalue weighted by Crippen LogP contribution is 2.31. The van der Waals surface area contributed by atoms with Gasteiger partial charge in [-0.2, -0.15) is 0 Å². The molecule has 0 aliphatic carbocycles. The van der Waals surface area contributed by atoms with E-state index in [-0.39, 0.29) is 3.57 Å². The molecule has 1 aromatic heterocycles. The van der Waals surface area contributed by atoms with E-state index in [9.17, 15) is 17.2 Å². The second-order valence-corrected chi connectivity index (χ2v) is 5.19. The molecule has 1 rings (SSSR count). The van der Waals surface area contributed by atoms with Gasteiger partial charge in [0.1, 0.15) is 10.7 Å². The third-order valence-corrected chi connectivity index (χ3v) is 4.03. The number of nitrogen functional groups attached to an aromatic ring is 1. The van der Waals surface area contributed by atoms with Crippen molar-refractivity contribution < 1.29 is 17.2 Å². The summed E-state index contributed by atoms with van der Waals surface area (Å²) in [6, 6.07) is 0. The van der Waals surface area contributed by atoms with Gasteiger partial charge >= 0.3 is 0 Å². The first kappa shape index (κ1) is 12.5. The van der Waals surface area contributed by atoms with Crippen LogP contribution in [-0.2, 0) is 10.0 Å². The molecule has 0 spiro atoms. The zero-order valence-electron chi connectivity index (χ0n) is 7.12. The number of alkyl halides is 2.